The average Bonchev–Trinajstić information content (AvgIpc) is 2.58. The number of hydrogen-bond acceptors (Lipinski definition) is 2. The predicted octanol–water partition coefficient (Wildman–Crippen LogP) is 2.56. The average molecular weight is 264 g/mol. The second-order valence-electron chi connectivity index (χ2n) is 5.45. The molecule has 0 amide bonds. The number of imidazole rings is 1. The molecule has 0 spiro atoms. The van der Waals surface area contributed by atoms with Gasteiger partial charge in [-0.2, -0.15) is 0 Å². The number of fused-ring (bicyclic) bond motifs is 4. The Morgan fingerprint density at radius 1 is 1.17 bits per heavy atom. The summed E-state index contributed by atoms with van der Waals surface area (Å²) in [5.74, 6) is 1.42. The molecule has 5 rings (SSSR count). The van der Waals surface area contributed by atoms with Crippen molar-refractivity contribution in [2.45, 2.75) is 24.7 Å². The summed E-state index contributed by atoms with van der Waals surface area (Å²) >= 11 is 0. The first-order valence-corrected chi connectivity index (χ1v) is 6.48. The second kappa shape index (κ2) is 4.25. The van der Waals surface area contributed by atoms with Crippen LogP contribution >= 0.6 is 12.4 Å². The summed E-state index contributed by atoms with van der Waals surface area (Å²) in [7, 11) is 2.08. The second-order valence-corrected chi connectivity index (χ2v) is 5.45. The SMILES string of the molecule is Cl.Cn1cnc2cc3c(cc21)C1CCC3CNC1. The van der Waals surface area contributed by atoms with Crippen LogP contribution in [-0.4, -0.2) is 22.6 Å². The number of hydrogen-bond donors (Lipinski definition) is 1. The van der Waals surface area contributed by atoms with Crippen LogP contribution in [0.15, 0.2) is 18.5 Å². The molecule has 96 valence electrons. The summed E-state index contributed by atoms with van der Waals surface area (Å²) in [6, 6.07) is 4.70. The summed E-state index contributed by atoms with van der Waals surface area (Å²) < 4.78 is 2.13. The van der Waals surface area contributed by atoms with Crippen LogP contribution in [0.1, 0.15) is 35.8 Å². The number of benzene rings is 1. The number of aryl methyl sites for hydroxylation is 1. The molecule has 1 aromatic carbocycles. The minimum Gasteiger partial charge on any atom is -0.334 e. The van der Waals surface area contributed by atoms with Gasteiger partial charge >= 0.3 is 0 Å². The summed E-state index contributed by atoms with van der Waals surface area (Å²) in [5.41, 5.74) is 5.55. The van der Waals surface area contributed by atoms with Crippen molar-refractivity contribution in [1.82, 2.24) is 14.9 Å². The van der Waals surface area contributed by atoms with Crippen LogP contribution in [-0.2, 0) is 7.05 Å². The summed E-state index contributed by atoms with van der Waals surface area (Å²) in [4.78, 5) is 4.48. The van der Waals surface area contributed by atoms with Crippen molar-refractivity contribution in [3.05, 3.63) is 29.6 Å². The molecule has 2 aliphatic heterocycles. The first-order chi connectivity index (χ1) is 8.33. The van der Waals surface area contributed by atoms with Gasteiger partial charge < -0.3 is 9.88 Å². The van der Waals surface area contributed by atoms with Crippen molar-refractivity contribution in [3.63, 3.8) is 0 Å². The Hall–Kier alpha value is -1.06. The highest BCUT2D eigenvalue weighted by molar-refractivity contribution is 5.85. The Bertz CT molecular complexity index is 586. The minimum atomic E-state index is 0. The Kier molecular flexibility index (Phi) is 2.83. The molecule has 1 N–H and O–H groups in total. The molecule has 2 atom stereocenters. The van der Waals surface area contributed by atoms with E-state index in [-0.39, 0.29) is 12.4 Å². The maximum Gasteiger partial charge on any atom is 0.0955 e. The van der Waals surface area contributed by atoms with Gasteiger partial charge in [0.15, 0.2) is 0 Å². The fourth-order valence-electron chi connectivity index (χ4n) is 3.48. The first-order valence-electron chi connectivity index (χ1n) is 6.48. The van der Waals surface area contributed by atoms with Crippen molar-refractivity contribution in [2.75, 3.05) is 13.1 Å². The van der Waals surface area contributed by atoms with Crippen molar-refractivity contribution in [1.29, 1.82) is 0 Å². The molecule has 2 unspecified atom stereocenters. The lowest BCUT2D eigenvalue weighted by atomic mass is 9.78. The Balaban J connectivity index is 0.000001000. The van der Waals surface area contributed by atoms with Crippen molar-refractivity contribution in [2.24, 2.45) is 7.05 Å². The van der Waals surface area contributed by atoms with E-state index in [1.807, 2.05) is 6.33 Å². The minimum absolute atomic E-state index is 0. The number of rotatable bonds is 0. The lowest BCUT2D eigenvalue weighted by Crippen LogP contribution is -2.18. The van der Waals surface area contributed by atoms with Crippen molar-refractivity contribution < 1.29 is 0 Å². The van der Waals surface area contributed by atoms with Gasteiger partial charge in [0.2, 0.25) is 0 Å². The highest BCUT2D eigenvalue weighted by Gasteiger charge is 2.30. The van der Waals surface area contributed by atoms with Gasteiger partial charge in [0.1, 0.15) is 0 Å². The number of halogens is 1. The molecule has 3 heterocycles. The smallest absolute Gasteiger partial charge is 0.0955 e. The van der Waals surface area contributed by atoms with Crippen LogP contribution in [0.25, 0.3) is 11.0 Å². The van der Waals surface area contributed by atoms with Crippen molar-refractivity contribution >= 4 is 23.4 Å². The fourth-order valence-corrected chi connectivity index (χ4v) is 3.48. The molecule has 3 aliphatic rings. The summed E-state index contributed by atoms with van der Waals surface area (Å²) in [6.07, 6.45) is 4.60. The third kappa shape index (κ3) is 1.57. The lowest BCUT2D eigenvalue weighted by Gasteiger charge is -2.26. The van der Waals surface area contributed by atoms with E-state index in [9.17, 15) is 0 Å². The van der Waals surface area contributed by atoms with E-state index in [2.05, 4.69) is 34.0 Å². The van der Waals surface area contributed by atoms with Gasteiger partial charge in [-0.05, 0) is 47.9 Å². The van der Waals surface area contributed by atoms with E-state index in [1.54, 1.807) is 11.1 Å². The largest absolute Gasteiger partial charge is 0.334 e. The van der Waals surface area contributed by atoms with Gasteiger partial charge in [-0.15, -0.1) is 12.4 Å². The standard InChI is InChI=1S/C14H17N3.ClH/c1-17-8-16-13-4-11-9-2-3-10(7-15-6-9)12(11)5-14(13)17;/h4-5,8-10,15H,2-3,6-7H2,1H3;1H. The fraction of sp³-hybridized carbons (Fsp3) is 0.500. The third-order valence-electron chi connectivity index (χ3n) is 4.45. The Morgan fingerprint density at radius 3 is 2.56 bits per heavy atom. The highest BCUT2D eigenvalue weighted by atomic mass is 35.5. The number of nitrogens with zero attached hydrogens (tertiary/aromatic N) is 2. The van der Waals surface area contributed by atoms with E-state index in [0.717, 1.165) is 18.6 Å². The van der Waals surface area contributed by atoms with Crippen LogP contribution in [0.2, 0.25) is 0 Å². The van der Waals surface area contributed by atoms with Crippen LogP contribution < -0.4 is 5.32 Å². The summed E-state index contributed by atoms with van der Waals surface area (Å²) in [6.45, 7) is 2.29. The highest BCUT2D eigenvalue weighted by Crippen LogP contribution is 2.41. The molecular formula is C14H18ClN3. The molecule has 2 bridgehead atoms. The summed E-state index contributed by atoms with van der Waals surface area (Å²) in [5, 5.41) is 3.59. The normalized spacial score (nSPS) is 25.6. The first kappa shape index (κ1) is 12.0. The van der Waals surface area contributed by atoms with E-state index >= 15 is 0 Å². The monoisotopic (exact) mass is 263 g/mol. The molecule has 4 heteroatoms. The van der Waals surface area contributed by atoms with Gasteiger partial charge in [0.05, 0.1) is 17.4 Å². The number of aromatic nitrogens is 2. The quantitative estimate of drug-likeness (QED) is 0.792. The van der Waals surface area contributed by atoms with E-state index in [1.165, 1.54) is 18.4 Å². The third-order valence-corrected chi connectivity index (χ3v) is 4.45. The van der Waals surface area contributed by atoms with Crippen LogP contribution in [0.4, 0.5) is 0 Å². The van der Waals surface area contributed by atoms with Gasteiger partial charge in [0.25, 0.3) is 0 Å². The van der Waals surface area contributed by atoms with E-state index < -0.39 is 0 Å². The number of nitrogens with one attached hydrogen (secondary N) is 1. The Morgan fingerprint density at radius 2 is 1.83 bits per heavy atom. The zero-order chi connectivity index (χ0) is 11.4. The Labute approximate surface area is 113 Å². The van der Waals surface area contributed by atoms with Gasteiger partial charge in [-0.1, -0.05) is 0 Å². The van der Waals surface area contributed by atoms with Crippen LogP contribution in [0.5, 0.6) is 0 Å². The van der Waals surface area contributed by atoms with Gasteiger partial charge in [-0.3, -0.25) is 0 Å². The predicted molar refractivity (Wildman–Crippen MR) is 75.5 cm³/mol. The lowest BCUT2D eigenvalue weighted by molar-refractivity contribution is 0.550. The molecular weight excluding hydrogens is 246 g/mol. The van der Waals surface area contributed by atoms with E-state index in [0.29, 0.717) is 11.8 Å². The molecule has 1 fully saturated rings. The van der Waals surface area contributed by atoms with Crippen molar-refractivity contribution in [3.8, 4) is 0 Å². The maximum absolute atomic E-state index is 4.48. The van der Waals surface area contributed by atoms with Crippen LogP contribution in [0.3, 0.4) is 0 Å². The molecule has 1 aromatic heterocycles. The van der Waals surface area contributed by atoms with Gasteiger partial charge in [-0.25, -0.2) is 4.98 Å². The molecule has 1 aliphatic carbocycles. The van der Waals surface area contributed by atoms with Crippen LogP contribution in [0, 0.1) is 0 Å². The maximum atomic E-state index is 4.48. The molecule has 3 nitrogen and oxygen atoms in total. The zero-order valence-corrected chi connectivity index (χ0v) is 11.3. The topological polar surface area (TPSA) is 29.9 Å². The molecule has 2 aromatic rings. The molecule has 1 saturated heterocycles. The molecule has 18 heavy (non-hydrogen) atoms. The van der Waals surface area contributed by atoms with E-state index in [4.69, 9.17) is 0 Å². The molecule has 0 radical (unpaired) electrons. The van der Waals surface area contributed by atoms with Gasteiger partial charge in [0, 0.05) is 20.1 Å². The zero-order valence-electron chi connectivity index (χ0n) is 10.5. The molecule has 0 saturated carbocycles.